The molecule has 3 nitrogen and oxygen atoms in total. The fourth-order valence-corrected chi connectivity index (χ4v) is 8.80. The van der Waals surface area contributed by atoms with Crippen molar-refractivity contribution in [2.24, 2.45) is 17.8 Å². The molecule has 2 bridgehead atoms. The van der Waals surface area contributed by atoms with Crippen molar-refractivity contribution in [3.05, 3.63) is 79.8 Å². The maximum Gasteiger partial charge on any atom is 0.305 e. The van der Waals surface area contributed by atoms with Crippen LogP contribution in [-0.2, 0) is 6.61 Å². The Morgan fingerprint density at radius 3 is 2.73 bits per heavy atom. The number of fused-ring (bicyclic) bond motifs is 6. The fourth-order valence-electron chi connectivity index (χ4n) is 5.91. The number of ether oxygens (including phenoxy) is 1. The molecule has 1 aromatic heterocycles. The van der Waals surface area contributed by atoms with Crippen LogP contribution in [0.15, 0.2) is 58.4 Å². The molecule has 2 fully saturated rings. The first-order valence-corrected chi connectivity index (χ1v) is 12.5. The lowest BCUT2D eigenvalue weighted by molar-refractivity contribution is 0.280. The zero-order valence-corrected chi connectivity index (χ0v) is 18.6. The highest BCUT2D eigenvalue weighted by atomic mass is 32.2. The molecule has 1 aliphatic heterocycles. The summed E-state index contributed by atoms with van der Waals surface area (Å²) < 4.78 is 6.38. The number of rotatable bonds is 4. The molecule has 0 radical (unpaired) electrons. The van der Waals surface area contributed by atoms with E-state index in [9.17, 15) is 4.79 Å². The molecule has 154 valence electrons. The van der Waals surface area contributed by atoms with Gasteiger partial charge in [0.05, 0.1) is 5.03 Å². The average Bonchev–Trinajstić information content (AvgIpc) is 3.46. The summed E-state index contributed by atoms with van der Waals surface area (Å²) in [5, 5.41) is 1.73. The van der Waals surface area contributed by atoms with Crippen molar-refractivity contribution in [2.45, 2.75) is 49.0 Å². The normalized spacial score (nSPS) is 28.9. The summed E-state index contributed by atoms with van der Waals surface area (Å²) in [6.07, 6.45) is 4.04. The summed E-state index contributed by atoms with van der Waals surface area (Å²) in [6.45, 7) is 2.67. The van der Waals surface area contributed by atoms with E-state index >= 15 is 0 Å². The van der Waals surface area contributed by atoms with Crippen LogP contribution in [0.2, 0.25) is 0 Å². The molecular weight excluding hydrogens is 410 g/mol. The Bertz CT molecular complexity index is 1130. The molecule has 0 spiro atoms. The highest BCUT2D eigenvalue weighted by Crippen LogP contribution is 2.64. The minimum atomic E-state index is 0.0721. The standard InChI is InChI=1S/C25H25NO2S2/c1-14-6-8-15(9-7-14)13-28-19-5-3-2-4-18(19)21-20-16-10-11-17(12-16)22(20)29-24-23(21)30-25(27)26-24/h2-9,16-17,20-22H,10-13H2,1H3,(H,26,27)/t16?,17?,20?,21-,22?/m1/s1. The van der Waals surface area contributed by atoms with Gasteiger partial charge in [-0.05, 0) is 55.6 Å². The minimum Gasteiger partial charge on any atom is -0.489 e. The van der Waals surface area contributed by atoms with E-state index in [0.717, 1.165) is 22.6 Å². The second-order valence-electron chi connectivity index (χ2n) is 8.99. The van der Waals surface area contributed by atoms with Gasteiger partial charge in [0.1, 0.15) is 12.4 Å². The number of aromatic amines is 1. The Hall–Kier alpha value is -1.98. The van der Waals surface area contributed by atoms with Crippen molar-refractivity contribution in [2.75, 3.05) is 0 Å². The highest BCUT2D eigenvalue weighted by molar-refractivity contribution is 8.00. The van der Waals surface area contributed by atoms with Crippen molar-refractivity contribution in [1.29, 1.82) is 0 Å². The molecule has 0 saturated heterocycles. The topological polar surface area (TPSA) is 42.1 Å². The lowest BCUT2D eigenvalue weighted by Crippen LogP contribution is -2.33. The smallest absolute Gasteiger partial charge is 0.305 e. The first-order chi connectivity index (χ1) is 14.7. The van der Waals surface area contributed by atoms with Crippen LogP contribution in [0.1, 0.15) is 46.7 Å². The molecule has 1 N–H and O–H groups in total. The molecular formula is C25H25NO2S2. The van der Waals surface area contributed by atoms with Crippen LogP contribution in [0.3, 0.4) is 0 Å². The SMILES string of the molecule is Cc1ccc(COc2ccccc2[C@H]2c3sc(=O)[nH]c3SC3C4CCC(C4)C32)cc1. The van der Waals surface area contributed by atoms with Gasteiger partial charge in [0.15, 0.2) is 0 Å². The predicted molar refractivity (Wildman–Crippen MR) is 123 cm³/mol. The van der Waals surface area contributed by atoms with E-state index in [2.05, 4.69) is 60.4 Å². The van der Waals surface area contributed by atoms with Crippen molar-refractivity contribution in [3.8, 4) is 5.75 Å². The Balaban J connectivity index is 1.39. The third-order valence-electron chi connectivity index (χ3n) is 7.23. The van der Waals surface area contributed by atoms with E-state index in [1.54, 1.807) is 0 Å². The number of hydrogen-bond acceptors (Lipinski definition) is 4. The minimum absolute atomic E-state index is 0.0721. The number of para-hydroxylation sites is 1. The van der Waals surface area contributed by atoms with Crippen LogP contribution < -0.4 is 9.61 Å². The number of hydrogen-bond donors (Lipinski definition) is 1. The van der Waals surface area contributed by atoms with Crippen molar-refractivity contribution in [1.82, 2.24) is 4.98 Å². The van der Waals surface area contributed by atoms with Gasteiger partial charge >= 0.3 is 4.87 Å². The number of thiazole rings is 1. The van der Waals surface area contributed by atoms with Crippen molar-refractivity contribution in [3.63, 3.8) is 0 Å². The Kier molecular flexibility index (Phi) is 4.57. The number of aromatic nitrogens is 1. The summed E-state index contributed by atoms with van der Waals surface area (Å²) in [5.74, 6) is 3.40. The molecule has 6 rings (SSSR count). The second kappa shape index (κ2) is 7.31. The van der Waals surface area contributed by atoms with Crippen LogP contribution in [0.5, 0.6) is 5.75 Å². The summed E-state index contributed by atoms with van der Waals surface area (Å²) in [7, 11) is 0. The molecule has 2 saturated carbocycles. The summed E-state index contributed by atoms with van der Waals surface area (Å²) in [5.41, 5.74) is 3.69. The lowest BCUT2D eigenvalue weighted by Gasteiger charge is -2.40. The third-order valence-corrected chi connectivity index (χ3v) is 9.86. The number of nitrogens with one attached hydrogen (secondary N) is 1. The first-order valence-electron chi connectivity index (χ1n) is 10.8. The van der Waals surface area contributed by atoms with E-state index < -0.39 is 0 Å². The second-order valence-corrected chi connectivity index (χ2v) is 11.2. The molecule has 2 heterocycles. The van der Waals surface area contributed by atoms with Crippen LogP contribution in [-0.4, -0.2) is 10.2 Å². The van der Waals surface area contributed by atoms with E-state index in [1.807, 2.05) is 11.8 Å². The largest absolute Gasteiger partial charge is 0.489 e. The molecule has 5 heteroatoms. The van der Waals surface area contributed by atoms with Crippen molar-refractivity contribution < 1.29 is 4.74 Å². The van der Waals surface area contributed by atoms with Gasteiger partial charge in [0.2, 0.25) is 0 Å². The van der Waals surface area contributed by atoms with Crippen LogP contribution in [0.25, 0.3) is 0 Å². The average molecular weight is 436 g/mol. The molecule has 5 atom stereocenters. The Morgan fingerprint density at radius 2 is 1.87 bits per heavy atom. The zero-order chi connectivity index (χ0) is 20.2. The van der Waals surface area contributed by atoms with Gasteiger partial charge < -0.3 is 9.72 Å². The highest BCUT2D eigenvalue weighted by Gasteiger charge is 2.55. The fraction of sp³-hybridized carbons (Fsp3) is 0.400. The zero-order valence-electron chi connectivity index (χ0n) is 17.0. The molecule has 30 heavy (non-hydrogen) atoms. The van der Waals surface area contributed by atoms with Crippen molar-refractivity contribution >= 4 is 23.1 Å². The Labute approximate surface area is 184 Å². The van der Waals surface area contributed by atoms with Gasteiger partial charge in [0, 0.05) is 21.6 Å². The van der Waals surface area contributed by atoms with Gasteiger partial charge in [-0.3, -0.25) is 4.79 Å². The predicted octanol–water partition coefficient (Wildman–Crippen LogP) is 5.98. The van der Waals surface area contributed by atoms with Crippen LogP contribution in [0.4, 0.5) is 0 Å². The van der Waals surface area contributed by atoms with Crippen LogP contribution >= 0.6 is 23.1 Å². The van der Waals surface area contributed by atoms with Gasteiger partial charge in [-0.2, -0.15) is 0 Å². The van der Waals surface area contributed by atoms with Gasteiger partial charge in [-0.15, -0.1) is 11.8 Å². The number of aryl methyl sites for hydroxylation is 1. The third kappa shape index (κ3) is 3.05. The van der Waals surface area contributed by atoms with E-state index in [4.69, 9.17) is 4.74 Å². The number of benzene rings is 2. The molecule has 2 aliphatic carbocycles. The summed E-state index contributed by atoms with van der Waals surface area (Å²) in [6, 6.07) is 17.0. The monoisotopic (exact) mass is 435 g/mol. The van der Waals surface area contributed by atoms with Crippen LogP contribution in [0, 0.1) is 24.7 Å². The molecule has 0 amide bonds. The summed E-state index contributed by atoms with van der Waals surface area (Å²) in [4.78, 5) is 16.7. The van der Waals surface area contributed by atoms with E-state index in [-0.39, 0.29) is 10.8 Å². The van der Waals surface area contributed by atoms with Gasteiger partial charge in [0.25, 0.3) is 0 Å². The Morgan fingerprint density at radius 1 is 1.07 bits per heavy atom. The first kappa shape index (κ1) is 18.8. The van der Waals surface area contributed by atoms with E-state index in [1.165, 1.54) is 52.2 Å². The van der Waals surface area contributed by atoms with Gasteiger partial charge in [-0.25, -0.2) is 0 Å². The maximum atomic E-state index is 12.3. The number of thioether (sulfide) groups is 1. The van der Waals surface area contributed by atoms with Gasteiger partial charge in [-0.1, -0.05) is 59.4 Å². The maximum absolute atomic E-state index is 12.3. The molecule has 3 aliphatic rings. The molecule has 3 aromatic rings. The molecule has 2 aromatic carbocycles. The molecule has 4 unspecified atom stereocenters. The summed E-state index contributed by atoms with van der Waals surface area (Å²) >= 11 is 3.35. The van der Waals surface area contributed by atoms with E-state index in [0.29, 0.717) is 17.8 Å². The lowest BCUT2D eigenvalue weighted by atomic mass is 9.74. The quantitative estimate of drug-likeness (QED) is 0.548. The number of H-pyrrole nitrogens is 1.